The Morgan fingerprint density at radius 2 is 2.19 bits per heavy atom. The number of nitrogens with two attached hydrogens (primary N) is 1. The zero-order chi connectivity index (χ0) is 11.5. The van der Waals surface area contributed by atoms with Gasteiger partial charge in [-0.25, -0.2) is 0 Å². The average molecular weight is 240 g/mol. The average Bonchev–Trinajstić information content (AvgIpc) is 2.18. The van der Waals surface area contributed by atoms with Crippen molar-refractivity contribution < 1.29 is 4.74 Å². The molecule has 0 bridgehead atoms. The van der Waals surface area contributed by atoms with Crippen molar-refractivity contribution in [1.82, 2.24) is 0 Å². The SMILES string of the molecule is Cc1ccc(COC2CC(CN)C2)c(Cl)c1. The summed E-state index contributed by atoms with van der Waals surface area (Å²) in [5.74, 6) is 0.665. The predicted molar refractivity (Wildman–Crippen MR) is 66.5 cm³/mol. The lowest BCUT2D eigenvalue weighted by Gasteiger charge is -2.34. The predicted octanol–water partition coefficient (Wildman–Crippen LogP) is 2.90. The minimum absolute atomic E-state index is 0.380. The van der Waals surface area contributed by atoms with Crippen molar-refractivity contribution in [2.24, 2.45) is 11.7 Å². The van der Waals surface area contributed by atoms with Crippen LogP contribution in [0.5, 0.6) is 0 Å². The largest absolute Gasteiger partial charge is 0.373 e. The maximum atomic E-state index is 6.13. The highest BCUT2D eigenvalue weighted by Gasteiger charge is 2.28. The van der Waals surface area contributed by atoms with Crippen molar-refractivity contribution in [1.29, 1.82) is 0 Å². The van der Waals surface area contributed by atoms with Crippen LogP contribution in [0.25, 0.3) is 0 Å². The first-order chi connectivity index (χ1) is 7.69. The van der Waals surface area contributed by atoms with Gasteiger partial charge in [0.05, 0.1) is 12.7 Å². The Morgan fingerprint density at radius 3 is 2.81 bits per heavy atom. The van der Waals surface area contributed by atoms with E-state index in [9.17, 15) is 0 Å². The van der Waals surface area contributed by atoms with Crippen LogP contribution in [-0.2, 0) is 11.3 Å². The zero-order valence-corrected chi connectivity index (χ0v) is 10.3. The first kappa shape index (κ1) is 11.9. The summed E-state index contributed by atoms with van der Waals surface area (Å²) in [6, 6.07) is 6.08. The number of halogens is 1. The summed E-state index contributed by atoms with van der Waals surface area (Å²) in [6.45, 7) is 3.43. The van der Waals surface area contributed by atoms with Gasteiger partial charge in [0.15, 0.2) is 0 Å². The standard InChI is InChI=1S/C13H18ClNO/c1-9-2-3-11(13(14)4-9)8-16-12-5-10(6-12)7-15/h2-4,10,12H,5-8,15H2,1H3. The van der Waals surface area contributed by atoms with Gasteiger partial charge < -0.3 is 10.5 Å². The van der Waals surface area contributed by atoms with Gasteiger partial charge in [0.2, 0.25) is 0 Å². The monoisotopic (exact) mass is 239 g/mol. The summed E-state index contributed by atoms with van der Waals surface area (Å²) in [5, 5.41) is 0.801. The molecule has 2 nitrogen and oxygen atoms in total. The molecule has 0 aromatic heterocycles. The molecule has 1 aliphatic rings. The van der Waals surface area contributed by atoms with Gasteiger partial charge in [0, 0.05) is 5.02 Å². The number of ether oxygens (including phenoxy) is 1. The van der Waals surface area contributed by atoms with E-state index in [2.05, 4.69) is 6.07 Å². The molecule has 0 unspecified atom stereocenters. The fraction of sp³-hybridized carbons (Fsp3) is 0.538. The van der Waals surface area contributed by atoms with Crippen molar-refractivity contribution >= 4 is 11.6 Å². The molecule has 1 saturated carbocycles. The number of hydrogen-bond acceptors (Lipinski definition) is 2. The number of hydrogen-bond donors (Lipinski definition) is 1. The molecule has 3 heteroatoms. The number of aryl methyl sites for hydroxylation is 1. The Morgan fingerprint density at radius 1 is 1.44 bits per heavy atom. The highest BCUT2D eigenvalue weighted by atomic mass is 35.5. The lowest BCUT2D eigenvalue weighted by molar-refractivity contribution is -0.0375. The minimum atomic E-state index is 0.380. The van der Waals surface area contributed by atoms with Crippen LogP contribution in [0, 0.1) is 12.8 Å². The Balaban J connectivity index is 1.82. The molecule has 0 atom stereocenters. The molecular formula is C13H18ClNO. The first-order valence-corrected chi connectivity index (χ1v) is 6.13. The van der Waals surface area contributed by atoms with E-state index in [1.807, 2.05) is 19.1 Å². The molecular weight excluding hydrogens is 222 g/mol. The van der Waals surface area contributed by atoms with Crippen molar-refractivity contribution in [3.8, 4) is 0 Å². The maximum absolute atomic E-state index is 6.13. The van der Waals surface area contributed by atoms with Gasteiger partial charge in [0.25, 0.3) is 0 Å². The van der Waals surface area contributed by atoms with Crippen LogP contribution in [0.1, 0.15) is 24.0 Å². The van der Waals surface area contributed by atoms with E-state index in [1.165, 1.54) is 5.56 Å². The van der Waals surface area contributed by atoms with Gasteiger partial charge in [-0.2, -0.15) is 0 Å². The molecule has 1 fully saturated rings. The fourth-order valence-electron chi connectivity index (χ4n) is 1.98. The molecule has 1 aromatic rings. The van der Waals surface area contributed by atoms with Gasteiger partial charge >= 0.3 is 0 Å². The summed E-state index contributed by atoms with van der Waals surface area (Å²) in [4.78, 5) is 0. The van der Waals surface area contributed by atoms with E-state index in [0.717, 1.165) is 30.0 Å². The molecule has 88 valence electrons. The third-order valence-electron chi connectivity index (χ3n) is 3.21. The van der Waals surface area contributed by atoms with E-state index in [-0.39, 0.29) is 0 Å². The summed E-state index contributed by atoms with van der Waals surface area (Å²) in [6.07, 6.45) is 2.57. The van der Waals surface area contributed by atoms with Crippen molar-refractivity contribution in [2.45, 2.75) is 32.5 Å². The molecule has 0 saturated heterocycles. The highest BCUT2D eigenvalue weighted by molar-refractivity contribution is 6.31. The van der Waals surface area contributed by atoms with E-state index in [1.54, 1.807) is 0 Å². The van der Waals surface area contributed by atoms with Crippen LogP contribution >= 0.6 is 11.6 Å². The third kappa shape index (κ3) is 2.76. The van der Waals surface area contributed by atoms with Crippen LogP contribution in [0.3, 0.4) is 0 Å². The number of benzene rings is 1. The Labute approximate surface area is 102 Å². The van der Waals surface area contributed by atoms with Crippen LogP contribution < -0.4 is 5.73 Å². The van der Waals surface area contributed by atoms with Gasteiger partial charge in [-0.15, -0.1) is 0 Å². The fourth-order valence-corrected chi connectivity index (χ4v) is 2.27. The Hall–Kier alpha value is -0.570. The van der Waals surface area contributed by atoms with Crippen molar-refractivity contribution in [3.05, 3.63) is 34.3 Å². The zero-order valence-electron chi connectivity index (χ0n) is 9.58. The van der Waals surface area contributed by atoms with Crippen LogP contribution in [-0.4, -0.2) is 12.6 Å². The normalized spacial score (nSPS) is 24.2. The van der Waals surface area contributed by atoms with E-state index < -0.39 is 0 Å². The molecule has 1 aromatic carbocycles. The molecule has 0 spiro atoms. The molecule has 0 aliphatic heterocycles. The molecule has 0 radical (unpaired) electrons. The quantitative estimate of drug-likeness (QED) is 0.877. The summed E-state index contributed by atoms with van der Waals surface area (Å²) >= 11 is 6.13. The highest BCUT2D eigenvalue weighted by Crippen LogP contribution is 2.30. The minimum Gasteiger partial charge on any atom is -0.373 e. The topological polar surface area (TPSA) is 35.2 Å². The number of rotatable bonds is 4. The van der Waals surface area contributed by atoms with E-state index in [0.29, 0.717) is 18.6 Å². The van der Waals surface area contributed by atoms with E-state index in [4.69, 9.17) is 22.1 Å². The Bertz CT molecular complexity index is 361. The summed E-state index contributed by atoms with van der Waals surface area (Å²) < 4.78 is 5.78. The lowest BCUT2D eigenvalue weighted by atomic mass is 9.82. The molecule has 2 rings (SSSR count). The molecule has 0 amide bonds. The van der Waals surface area contributed by atoms with Crippen LogP contribution in [0.15, 0.2) is 18.2 Å². The molecule has 0 heterocycles. The summed E-state index contributed by atoms with van der Waals surface area (Å²) in [5.41, 5.74) is 7.82. The molecule has 1 aliphatic carbocycles. The second-order valence-electron chi connectivity index (χ2n) is 4.60. The molecule has 2 N–H and O–H groups in total. The van der Waals surface area contributed by atoms with Crippen molar-refractivity contribution in [3.63, 3.8) is 0 Å². The van der Waals surface area contributed by atoms with Gasteiger partial charge in [-0.05, 0) is 49.4 Å². The summed E-state index contributed by atoms with van der Waals surface area (Å²) in [7, 11) is 0. The smallest absolute Gasteiger partial charge is 0.0735 e. The Kier molecular flexibility index (Phi) is 3.85. The van der Waals surface area contributed by atoms with Gasteiger partial charge in [-0.1, -0.05) is 23.7 Å². The first-order valence-electron chi connectivity index (χ1n) is 5.75. The van der Waals surface area contributed by atoms with E-state index >= 15 is 0 Å². The third-order valence-corrected chi connectivity index (χ3v) is 3.56. The van der Waals surface area contributed by atoms with Gasteiger partial charge in [-0.3, -0.25) is 0 Å². The second-order valence-corrected chi connectivity index (χ2v) is 5.01. The second kappa shape index (κ2) is 5.17. The molecule has 16 heavy (non-hydrogen) atoms. The van der Waals surface area contributed by atoms with Gasteiger partial charge in [0.1, 0.15) is 0 Å². The lowest BCUT2D eigenvalue weighted by Crippen LogP contribution is -2.35. The van der Waals surface area contributed by atoms with Crippen molar-refractivity contribution in [2.75, 3.05) is 6.54 Å². The maximum Gasteiger partial charge on any atom is 0.0735 e. The van der Waals surface area contributed by atoms with Crippen LogP contribution in [0.4, 0.5) is 0 Å². The van der Waals surface area contributed by atoms with Crippen LogP contribution in [0.2, 0.25) is 5.02 Å².